The molecule has 0 heterocycles. The molecule has 1 rings (SSSR count). The highest BCUT2D eigenvalue weighted by molar-refractivity contribution is 5.89. The Morgan fingerprint density at radius 1 is 1.47 bits per heavy atom. The maximum absolute atomic E-state index is 13.3. The molecule has 0 spiro atoms. The minimum absolute atomic E-state index is 0.236. The predicted octanol–water partition coefficient (Wildman–Crippen LogP) is 2.43. The van der Waals surface area contributed by atoms with Crippen LogP contribution in [-0.2, 0) is 0 Å². The number of rotatable bonds is 3. The quantitative estimate of drug-likeness (QED) is 0.850. The summed E-state index contributed by atoms with van der Waals surface area (Å²) >= 11 is 0. The summed E-state index contributed by atoms with van der Waals surface area (Å²) in [6.45, 7) is -1.97. The summed E-state index contributed by atoms with van der Waals surface area (Å²) in [6, 6.07) is 1.87. The van der Waals surface area contributed by atoms with Gasteiger partial charge in [0.2, 0.25) is 0 Å². The van der Waals surface area contributed by atoms with Crippen LogP contribution in [0.2, 0.25) is 0 Å². The van der Waals surface area contributed by atoms with Crippen LogP contribution in [0.15, 0.2) is 12.1 Å². The number of carbonyl (C=O) groups is 1. The van der Waals surface area contributed by atoms with Crippen LogP contribution >= 0.6 is 0 Å². The van der Waals surface area contributed by atoms with Crippen molar-refractivity contribution in [3.05, 3.63) is 29.1 Å². The van der Waals surface area contributed by atoms with E-state index in [4.69, 9.17) is 5.11 Å². The van der Waals surface area contributed by atoms with Crippen LogP contribution < -0.4 is 4.74 Å². The number of carboxylic acid groups (broad SMARTS) is 1. The highest BCUT2D eigenvalue weighted by Gasteiger charge is 2.17. The van der Waals surface area contributed by atoms with Gasteiger partial charge in [-0.1, -0.05) is 0 Å². The Labute approximate surface area is 83.1 Å². The highest BCUT2D eigenvalue weighted by Crippen LogP contribution is 2.24. The molecule has 0 unspecified atom stereocenters. The van der Waals surface area contributed by atoms with Crippen molar-refractivity contribution in [2.24, 2.45) is 0 Å². The first kappa shape index (κ1) is 11.4. The Balaban J connectivity index is 3.15. The summed E-state index contributed by atoms with van der Waals surface area (Å²) in [5, 5.41) is 8.61. The second-order valence-corrected chi connectivity index (χ2v) is 2.73. The van der Waals surface area contributed by atoms with Crippen LogP contribution in [-0.4, -0.2) is 17.7 Å². The Morgan fingerprint density at radius 3 is 2.53 bits per heavy atom. The highest BCUT2D eigenvalue weighted by atomic mass is 19.3. The fourth-order valence-electron chi connectivity index (χ4n) is 1.08. The topological polar surface area (TPSA) is 46.5 Å². The number of halogens is 3. The van der Waals surface area contributed by atoms with E-state index in [1.165, 1.54) is 6.92 Å². The molecule has 1 aromatic carbocycles. The molecule has 0 aliphatic rings. The van der Waals surface area contributed by atoms with Crippen molar-refractivity contribution < 1.29 is 27.8 Å². The monoisotopic (exact) mass is 220 g/mol. The molecule has 82 valence electrons. The number of carboxylic acids is 1. The summed E-state index contributed by atoms with van der Waals surface area (Å²) in [4.78, 5) is 10.6. The van der Waals surface area contributed by atoms with Crippen molar-refractivity contribution in [1.29, 1.82) is 0 Å². The summed E-state index contributed by atoms with van der Waals surface area (Å²) in [6.07, 6.45) is 0. The number of hydrogen-bond donors (Lipinski definition) is 1. The molecule has 0 aliphatic heterocycles. The van der Waals surface area contributed by atoms with Gasteiger partial charge in [0.05, 0.1) is 5.56 Å². The third kappa shape index (κ3) is 2.39. The first-order valence-corrected chi connectivity index (χ1v) is 3.90. The van der Waals surface area contributed by atoms with E-state index in [2.05, 4.69) is 4.74 Å². The standard InChI is InChI=1S/C9H7F3O3/c1-4-5(8(13)14)2-3-6(7(4)10)15-9(11)12/h2-3,9H,1H3,(H,13,14). The number of benzene rings is 1. The zero-order valence-corrected chi connectivity index (χ0v) is 7.63. The Kier molecular flexibility index (Phi) is 3.18. The molecule has 0 fully saturated rings. The SMILES string of the molecule is Cc1c(C(=O)O)ccc(OC(F)F)c1F. The van der Waals surface area contributed by atoms with Gasteiger partial charge in [-0.2, -0.15) is 8.78 Å². The van der Waals surface area contributed by atoms with E-state index in [1.54, 1.807) is 0 Å². The number of alkyl halides is 2. The second kappa shape index (κ2) is 4.20. The van der Waals surface area contributed by atoms with Gasteiger partial charge in [0, 0.05) is 5.56 Å². The van der Waals surface area contributed by atoms with Crippen LogP contribution in [0.25, 0.3) is 0 Å². The van der Waals surface area contributed by atoms with Gasteiger partial charge in [-0.3, -0.25) is 0 Å². The van der Waals surface area contributed by atoms with Crippen molar-refractivity contribution in [1.82, 2.24) is 0 Å². The predicted molar refractivity (Wildman–Crippen MR) is 44.7 cm³/mol. The summed E-state index contributed by atoms with van der Waals surface area (Å²) in [5.74, 6) is -3.07. The molecule has 0 aromatic heterocycles. The van der Waals surface area contributed by atoms with Crippen molar-refractivity contribution in [3.8, 4) is 5.75 Å². The van der Waals surface area contributed by atoms with E-state index < -0.39 is 24.1 Å². The van der Waals surface area contributed by atoms with Gasteiger partial charge in [-0.15, -0.1) is 0 Å². The number of hydrogen-bond acceptors (Lipinski definition) is 2. The first-order valence-electron chi connectivity index (χ1n) is 3.90. The van der Waals surface area contributed by atoms with Gasteiger partial charge in [0.1, 0.15) is 0 Å². The van der Waals surface area contributed by atoms with E-state index in [9.17, 15) is 18.0 Å². The summed E-state index contributed by atoms with van der Waals surface area (Å²) < 4.78 is 40.7. The average molecular weight is 220 g/mol. The molecular weight excluding hydrogens is 213 g/mol. The minimum Gasteiger partial charge on any atom is -0.478 e. The molecule has 0 saturated heterocycles. The van der Waals surface area contributed by atoms with E-state index in [0.717, 1.165) is 12.1 Å². The third-order valence-corrected chi connectivity index (χ3v) is 1.80. The van der Waals surface area contributed by atoms with E-state index in [1.807, 2.05) is 0 Å². The zero-order chi connectivity index (χ0) is 11.6. The van der Waals surface area contributed by atoms with Crippen molar-refractivity contribution in [2.45, 2.75) is 13.5 Å². The molecule has 0 radical (unpaired) electrons. The Hall–Kier alpha value is -1.72. The molecule has 0 aliphatic carbocycles. The maximum atomic E-state index is 13.3. The average Bonchev–Trinajstić information content (AvgIpc) is 2.12. The normalized spacial score (nSPS) is 10.5. The molecule has 1 aromatic rings. The van der Waals surface area contributed by atoms with Crippen LogP contribution in [0.5, 0.6) is 5.75 Å². The molecule has 6 heteroatoms. The molecule has 1 N–H and O–H groups in total. The van der Waals surface area contributed by atoms with E-state index >= 15 is 0 Å². The maximum Gasteiger partial charge on any atom is 0.387 e. The van der Waals surface area contributed by atoms with E-state index in [0.29, 0.717) is 0 Å². The van der Waals surface area contributed by atoms with Gasteiger partial charge in [0.15, 0.2) is 11.6 Å². The van der Waals surface area contributed by atoms with Gasteiger partial charge in [-0.25, -0.2) is 9.18 Å². The van der Waals surface area contributed by atoms with Crippen molar-refractivity contribution in [3.63, 3.8) is 0 Å². The molecule has 3 nitrogen and oxygen atoms in total. The third-order valence-electron chi connectivity index (χ3n) is 1.80. The van der Waals surface area contributed by atoms with Gasteiger partial charge >= 0.3 is 12.6 Å². The Morgan fingerprint density at radius 2 is 2.07 bits per heavy atom. The number of ether oxygens (including phenoxy) is 1. The van der Waals surface area contributed by atoms with Crippen LogP contribution in [0.4, 0.5) is 13.2 Å². The molecule has 0 saturated carbocycles. The van der Waals surface area contributed by atoms with Crippen LogP contribution in [0.3, 0.4) is 0 Å². The lowest BCUT2D eigenvalue weighted by molar-refractivity contribution is -0.0522. The van der Waals surface area contributed by atoms with Gasteiger partial charge < -0.3 is 9.84 Å². The fraction of sp³-hybridized carbons (Fsp3) is 0.222. The minimum atomic E-state index is -3.14. The zero-order valence-electron chi connectivity index (χ0n) is 7.63. The Bertz CT molecular complexity index is 390. The lowest BCUT2D eigenvalue weighted by Crippen LogP contribution is -2.07. The lowest BCUT2D eigenvalue weighted by Gasteiger charge is -2.08. The molecule has 0 amide bonds. The van der Waals surface area contributed by atoms with Crippen molar-refractivity contribution >= 4 is 5.97 Å². The lowest BCUT2D eigenvalue weighted by atomic mass is 10.1. The fourth-order valence-corrected chi connectivity index (χ4v) is 1.08. The largest absolute Gasteiger partial charge is 0.478 e. The van der Waals surface area contributed by atoms with Crippen LogP contribution in [0.1, 0.15) is 15.9 Å². The molecule has 0 bridgehead atoms. The molecular formula is C9H7F3O3. The summed E-state index contributed by atoms with van der Waals surface area (Å²) in [7, 11) is 0. The second-order valence-electron chi connectivity index (χ2n) is 2.73. The van der Waals surface area contributed by atoms with Crippen LogP contribution in [0, 0.1) is 12.7 Å². The van der Waals surface area contributed by atoms with Gasteiger partial charge in [-0.05, 0) is 19.1 Å². The molecule has 0 atom stereocenters. The van der Waals surface area contributed by atoms with Gasteiger partial charge in [0.25, 0.3) is 0 Å². The summed E-state index contributed by atoms with van der Waals surface area (Å²) in [5.41, 5.74) is -0.519. The number of aromatic carboxylic acids is 1. The van der Waals surface area contributed by atoms with E-state index in [-0.39, 0.29) is 11.1 Å². The molecule has 15 heavy (non-hydrogen) atoms. The first-order chi connectivity index (χ1) is 6.93. The van der Waals surface area contributed by atoms with Crippen molar-refractivity contribution in [2.75, 3.05) is 0 Å². The smallest absolute Gasteiger partial charge is 0.387 e.